The smallest absolute Gasteiger partial charge is 0.228 e. The number of benzene rings is 1. The second-order valence-corrected chi connectivity index (χ2v) is 7.32. The van der Waals surface area contributed by atoms with Crippen LogP contribution in [0.4, 0.5) is 11.5 Å². The quantitative estimate of drug-likeness (QED) is 0.787. The number of hydrogen-bond donors (Lipinski definition) is 2. The number of anilines is 2. The van der Waals surface area contributed by atoms with Gasteiger partial charge in [0.05, 0.1) is 10.7 Å². The van der Waals surface area contributed by atoms with Gasteiger partial charge in [-0.05, 0) is 50.8 Å². The Labute approximate surface area is 161 Å². The van der Waals surface area contributed by atoms with Gasteiger partial charge >= 0.3 is 0 Å². The van der Waals surface area contributed by atoms with Crippen LogP contribution in [0, 0.1) is 18.8 Å². The fourth-order valence-electron chi connectivity index (χ4n) is 3.10. The Morgan fingerprint density at radius 2 is 1.65 bits per heavy atom. The Bertz CT molecular complexity index is 814. The van der Waals surface area contributed by atoms with E-state index in [0.29, 0.717) is 53.0 Å². The Morgan fingerprint density at radius 1 is 1.04 bits per heavy atom. The van der Waals surface area contributed by atoms with Crippen molar-refractivity contribution in [3.8, 4) is 0 Å². The van der Waals surface area contributed by atoms with Gasteiger partial charge in [0.15, 0.2) is 5.82 Å². The van der Waals surface area contributed by atoms with Crippen molar-refractivity contribution in [1.82, 2.24) is 5.16 Å². The van der Waals surface area contributed by atoms with Gasteiger partial charge in [-0.2, -0.15) is 0 Å². The molecule has 2 N–H and O–H groups in total. The summed E-state index contributed by atoms with van der Waals surface area (Å²) < 4.78 is 4.94. The highest BCUT2D eigenvalue weighted by atomic mass is 35.5. The molecule has 0 atom stereocenters. The first kappa shape index (κ1) is 18.7. The van der Waals surface area contributed by atoms with Gasteiger partial charge in [0.1, 0.15) is 5.76 Å². The van der Waals surface area contributed by atoms with Crippen LogP contribution >= 0.6 is 23.2 Å². The molecule has 1 aliphatic rings. The van der Waals surface area contributed by atoms with Crippen LogP contribution in [-0.4, -0.2) is 17.0 Å². The number of hydrogen-bond acceptors (Lipinski definition) is 4. The van der Waals surface area contributed by atoms with E-state index in [2.05, 4.69) is 15.8 Å². The lowest BCUT2D eigenvalue weighted by atomic mass is 9.81. The third-order valence-corrected chi connectivity index (χ3v) is 5.08. The van der Waals surface area contributed by atoms with Gasteiger partial charge in [0.2, 0.25) is 11.8 Å². The standard InChI is InChI=1S/C18H19Cl2N3O3/c1-10-8-16(23-26-10)22-18(25)12-4-2-11(3-5-12)17(24)21-15-7-6-13(19)9-14(15)20/h6-9,11-12H,2-5H2,1H3,(H,21,24)(H,22,23,25). The number of halogens is 2. The molecule has 0 saturated heterocycles. The van der Waals surface area contributed by atoms with Crippen LogP contribution in [0.15, 0.2) is 28.8 Å². The molecule has 0 radical (unpaired) electrons. The zero-order valence-corrected chi connectivity index (χ0v) is 15.7. The van der Waals surface area contributed by atoms with Crippen molar-refractivity contribution in [3.05, 3.63) is 40.1 Å². The first-order valence-corrected chi connectivity index (χ1v) is 9.18. The van der Waals surface area contributed by atoms with E-state index in [-0.39, 0.29) is 23.7 Å². The topological polar surface area (TPSA) is 84.2 Å². The molecule has 3 rings (SSSR count). The largest absolute Gasteiger partial charge is 0.360 e. The molecule has 1 saturated carbocycles. The molecule has 6 nitrogen and oxygen atoms in total. The minimum absolute atomic E-state index is 0.0831. The van der Waals surface area contributed by atoms with Crippen molar-refractivity contribution in [2.24, 2.45) is 11.8 Å². The molecule has 1 aromatic heterocycles. The Hall–Kier alpha value is -2.05. The van der Waals surface area contributed by atoms with Crippen LogP contribution in [-0.2, 0) is 9.59 Å². The Kier molecular flexibility index (Phi) is 5.84. The highest BCUT2D eigenvalue weighted by Gasteiger charge is 2.30. The molecule has 2 amide bonds. The number of amides is 2. The van der Waals surface area contributed by atoms with Crippen LogP contribution in [0.1, 0.15) is 31.4 Å². The van der Waals surface area contributed by atoms with Crippen LogP contribution in [0.3, 0.4) is 0 Å². The predicted molar refractivity (Wildman–Crippen MR) is 100 cm³/mol. The fourth-order valence-corrected chi connectivity index (χ4v) is 3.55. The predicted octanol–water partition coefficient (Wildman–Crippen LogP) is 4.67. The van der Waals surface area contributed by atoms with Crippen molar-refractivity contribution in [3.63, 3.8) is 0 Å². The van der Waals surface area contributed by atoms with E-state index in [1.165, 1.54) is 0 Å². The van der Waals surface area contributed by atoms with Gasteiger partial charge in [0.25, 0.3) is 0 Å². The van der Waals surface area contributed by atoms with Crippen molar-refractivity contribution < 1.29 is 14.1 Å². The molecule has 138 valence electrons. The summed E-state index contributed by atoms with van der Waals surface area (Å²) in [5.41, 5.74) is 0.544. The maximum atomic E-state index is 12.4. The summed E-state index contributed by atoms with van der Waals surface area (Å²) in [5.74, 6) is 0.625. The molecular weight excluding hydrogens is 377 g/mol. The van der Waals surface area contributed by atoms with Crippen molar-refractivity contribution >= 4 is 46.5 Å². The first-order chi connectivity index (χ1) is 12.4. The lowest BCUT2D eigenvalue weighted by Gasteiger charge is -2.26. The van der Waals surface area contributed by atoms with Crippen molar-refractivity contribution in [2.75, 3.05) is 10.6 Å². The maximum Gasteiger partial charge on any atom is 0.228 e. The molecular formula is C18H19Cl2N3O3. The summed E-state index contributed by atoms with van der Waals surface area (Å²) in [4.78, 5) is 24.7. The lowest BCUT2D eigenvalue weighted by molar-refractivity contribution is -0.125. The van der Waals surface area contributed by atoms with Gasteiger partial charge in [-0.3, -0.25) is 9.59 Å². The van der Waals surface area contributed by atoms with E-state index in [0.717, 1.165) is 0 Å². The van der Waals surface area contributed by atoms with E-state index in [9.17, 15) is 9.59 Å². The molecule has 2 aromatic rings. The number of carbonyl (C=O) groups excluding carboxylic acids is 2. The third kappa shape index (κ3) is 4.56. The summed E-state index contributed by atoms with van der Waals surface area (Å²) in [6.45, 7) is 1.76. The summed E-state index contributed by atoms with van der Waals surface area (Å²) in [7, 11) is 0. The summed E-state index contributed by atoms with van der Waals surface area (Å²) in [6.07, 6.45) is 2.59. The minimum Gasteiger partial charge on any atom is -0.360 e. The van der Waals surface area contributed by atoms with Gasteiger partial charge in [-0.1, -0.05) is 28.4 Å². The van der Waals surface area contributed by atoms with Crippen LogP contribution in [0.5, 0.6) is 0 Å². The normalized spacial score (nSPS) is 19.8. The molecule has 8 heteroatoms. The molecule has 26 heavy (non-hydrogen) atoms. The molecule has 1 fully saturated rings. The Balaban J connectivity index is 1.51. The van der Waals surface area contributed by atoms with Crippen molar-refractivity contribution in [2.45, 2.75) is 32.6 Å². The van der Waals surface area contributed by atoms with Crippen molar-refractivity contribution in [1.29, 1.82) is 0 Å². The maximum absolute atomic E-state index is 12.4. The molecule has 1 aromatic carbocycles. The van der Waals surface area contributed by atoms with Crippen LogP contribution in [0.2, 0.25) is 10.0 Å². The van der Waals surface area contributed by atoms with E-state index in [4.69, 9.17) is 27.7 Å². The first-order valence-electron chi connectivity index (χ1n) is 8.42. The molecule has 0 spiro atoms. The number of nitrogens with zero attached hydrogens (tertiary/aromatic N) is 1. The van der Waals surface area contributed by atoms with E-state index in [1.807, 2.05) is 0 Å². The monoisotopic (exact) mass is 395 g/mol. The van der Waals surface area contributed by atoms with Gasteiger partial charge in [-0.25, -0.2) is 0 Å². The Morgan fingerprint density at radius 3 is 2.19 bits per heavy atom. The minimum atomic E-state index is -0.139. The van der Waals surface area contributed by atoms with Gasteiger partial charge in [0, 0.05) is 22.9 Å². The fraction of sp³-hybridized carbons (Fsp3) is 0.389. The molecule has 0 aliphatic heterocycles. The summed E-state index contributed by atoms with van der Waals surface area (Å²) in [5, 5.41) is 10.3. The number of rotatable bonds is 4. The highest BCUT2D eigenvalue weighted by Crippen LogP contribution is 2.32. The second kappa shape index (κ2) is 8.10. The van der Waals surface area contributed by atoms with E-state index in [1.54, 1.807) is 31.2 Å². The second-order valence-electron chi connectivity index (χ2n) is 6.47. The average molecular weight is 396 g/mol. The van der Waals surface area contributed by atoms with Crippen LogP contribution < -0.4 is 10.6 Å². The number of nitrogens with one attached hydrogen (secondary N) is 2. The zero-order valence-electron chi connectivity index (χ0n) is 14.2. The van der Waals surface area contributed by atoms with E-state index >= 15 is 0 Å². The average Bonchev–Trinajstić information content (AvgIpc) is 3.02. The van der Waals surface area contributed by atoms with Crippen LogP contribution in [0.25, 0.3) is 0 Å². The summed E-state index contributed by atoms with van der Waals surface area (Å²) >= 11 is 12.0. The number of aromatic nitrogens is 1. The molecule has 0 unspecified atom stereocenters. The molecule has 1 aliphatic carbocycles. The van der Waals surface area contributed by atoms with Gasteiger partial charge < -0.3 is 15.2 Å². The number of carbonyl (C=O) groups is 2. The number of aryl methyl sites for hydroxylation is 1. The third-order valence-electron chi connectivity index (χ3n) is 4.54. The lowest BCUT2D eigenvalue weighted by Crippen LogP contribution is -2.32. The zero-order chi connectivity index (χ0) is 18.7. The molecule has 1 heterocycles. The molecule has 0 bridgehead atoms. The highest BCUT2D eigenvalue weighted by molar-refractivity contribution is 6.36. The SMILES string of the molecule is Cc1cc(NC(=O)C2CCC(C(=O)Nc3ccc(Cl)cc3Cl)CC2)no1. The van der Waals surface area contributed by atoms with E-state index < -0.39 is 0 Å². The van der Waals surface area contributed by atoms with Gasteiger partial charge in [-0.15, -0.1) is 0 Å². The summed E-state index contributed by atoms with van der Waals surface area (Å²) in [6, 6.07) is 6.62.